The summed E-state index contributed by atoms with van der Waals surface area (Å²) in [5.74, 6) is 0. The first-order valence-electron chi connectivity index (χ1n) is 2.81. The van der Waals surface area contributed by atoms with Crippen LogP contribution in [0.1, 0.15) is 0 Å². The Balaban J connectivity index is 3.14. The summed E-state index contributed by atoms with van der Waals surface area (Å²) in [5, 5.41) is 1.18. The van der Waals surface area contributed by atoms with Crippen molar-refractivity contribution in [3.05, 3.63) is 30.3 Å². The molecular formula is C6H5Br4P. The molecule has 0 spiro atoms. The van der Waals surface area contributed by atoms with Gasteiger partial charge in [-0.3, -0.25) is 0 Å². The molecule has 0 saturated carbocycles. The van der Waals surface area contributed by atoms with E-state index < -0.39 is 1.41 Å². The van der Waals surface area contributed by atoms with Gasteiger partial charge in [0.15, 0.2) is 0 Å². The summed E-state index contributed by atoms with van der Waals surface area (Å²) in [6.45, 7) is 0. The summed E-state index contributed by atoms with van der Waals surface area (Å²) in [7, 11) is 0. The van der Waals surface area contributed by atoms with Crippen LogP contribution < -0.4 is 5.30 Å². The molecule has 0 unspecified atom stereocenters. The van der Waals surface area contributed by atoms with E-state index in [1.54, 1.807) is 0 Å². The van der Waals surface area contributed by atoms with Crippen molar-refractivity contribution in [3.63, 3.8) is 0 Å². The Kier molecular flexibility index (Phi) is 3.27. The number of benzene rings is 1. The van der Waals surface area contributed by atoms with E-state index in [0.717, 1.165) is 0 Å². The van der Waals surface area contributed by atoms with E-state index in [1.165, 1.54) is 5.30 Å². The first kappa shape index (κ1) is 10.6. The maximum atomic E-state index is 3.57. The van der Waals surface area contributed by atoms with Gasteiger partial charge in [0.2, 0.25) is 0 Å². The second kappa shape index (κ2) is 3.38. The number of hydrogen-bond acceptors (Lipinski definition) is 0. The molecule has 0 amide bonds. The van der Waals surface area contributed by atoms with Crippen LogP contribution in [0.15, 0.2) is 30.3 Å². The summed E-state index contributed by atoms with van der Waals surface area (Å²) < 4.78 is -2.24. The monoisotopic (exact) mass is 424 g/mol. The zero-order valence-corrected chi connectivity index (χ0v) is 12.6. The third kappa shape index (κ3) is 3.43. The first-order chi connectivity index (χ1) is 4.86. The number of rotatable bonds is 1. The summed E-state index contributed by atoms with van der Waals surface area (Å²) in [6, 6.07) is 10.1. The Bertz CT molecular complexity index is 241. The molecule has 0 aliphatic rings. The molecule has 0 nitrogen and oxygen atoms in total. The molecule has 0 atom stereocenters. The predicted molar refractivity (Wildman–Crippen MR) is 68.7 cm³/mol. The number of hydrogen-bond donors (Lipinski definition) is 0. The molecule has 1 rings (SSSR count). The van der Waals surface area contributed by atoms with Crippen LogP contribution in [0.3, 0.4) is 0 Å². The molecule has 0 aliphatic carbocycles. The van der Waals surface area contributed by atoms with E-state index in [-0.39, 0.29) is 0 Å². The Hall–Kier alpha value is 1.57. The van der Waals surface area contributed by atoms with Crippen LogP contribution >= 0.6 is 63.4 Å². The SMILES string of the molecule is BrP(Br)(Br)(Br)c1ccccc1. The molecule has 11 heavy (non-hydrogen) atoms. The Morgan fingerprint density at radius 1 is 0.818 bits per heavy atom. The third-order valence-electron chi connectivity index (χ3n) is 1.15. The second-order valence-electron chi connectivity index (χ2n) is 2.06. The standard InChI is InChI=1S/C6H5Br4P/c7-11(8,9,10)6-4-2-1-3-5-6/h1-5H. The average Bonchev–Trinajstić information content (AvgIpc) is 1.86. The minimum atomic E-state index is -2.24. The molecular weight excluding hydrogens is 423 g/mol. The van der Waals surface area contributed by atoms with E-state index in [1.807, 2.05) is 30.3 Å². The molecule has 1 aromatic carbocycles. The van der Waals surface area contributed by atoms with Crippen LogP contribution in [0.4, 0.5) is 0 Å². The van der Waals surface area contributed by atoms with Crippen molar-refractivity contribution in [3.8, 4) is 0 Å². The van der Waals surface area contributed by atoms with Gasteiger partial charge in [0.05, 0.1) is 0 Å². The molecule has 0 radical (unpaired) electrons. The Morgan fingerprint density at radius 2 is 1.27 bits per heavy atom. The van der Waals surface area contributed by atoms with Crippen molar-refractivity contribution >= 4 is 68.7 Å². The van der Waals surface area contributed by atoms with Crippen molar-refractivity contribution in [2.45, 2.75) is 0 Å². The van der Waals surface area contributed by atoms with E-state index in [0.29, 0.717) is 0 Å². The van der Waals surface area contributed by atoms with Crippen LogP contribution in [0.25, 0.3) is 0 Å². The van der Waals surface area contributed by atoms with E-state index >= 15 is 0 Å². The van der Waals surface area contributed by atoms with Crippen LogP contribution in [-0.2, 0) is 0 Å². The van der Waals surface area contributed by atoms with E-state index in [2.05, 4.69) is 62.0 Å². The Labute approximate surface area is 98.0 Å². The van der Waals surface area contributed by atoms with Crippen molar-refractivity contribution in [2.75, 3.05) is 0 Å². The van der Waals surface area contributed by atoms with Crippen LogP contribution in [0.5, 0.6) is 0 Å². The molecule has 0 N–H and O–H groups in total. The quantitative estimate of drug-likeness (QED) is 0.547. The number of halogens is 4. The van der Waals surface area contributed by atoms with Gasteiger partial charge in [-0.1, -0.05) is 0 Å². The average molecular weight is 428 g/mol. The first-order valence-corrected chi connectivity index (χ1v) is 13.1. The molecule has 0 fully saturated rings. The topological polar surface area (TPSA) is 0 Å². The Morgan fingerprint density at radius 3 is 1.55 bits per heavy atom. The van der Waals surface area contributed by atoms with Crippen LogP contribution in [-0.4, -0.2) is 0 Å². The van der Waals surface area contributed by atoms with Gasteiger partial charge in [0.1, 0.15) is 0 Å². The molecule has 0 saturated heterocycles. The van der Waals surface area contributed by atoms with Crippen LogP contribution in [0, 0.1) is 0 Å². The summed E-state index contributed by atoms with van der Waals surface area (Å²) >= 11 is 14.3. The fraction of sp³-hybridized carbons (Fsp3) is 0. The second-order valence-corrected chi connectivity index (χ2v) is 38.2. The van der Waals surface area contributed by atoms with Gasteiger partial charge in [-0.05, 0) is 0 Å². The van der Waals surface area contributed by atoms with Crippen LogP contribution in [0.2, 0.25) is 0 Å². The van der Waals surface area contributed by atoms with Gasteiger partial charge in [-0.25, -0.2) is 0 Å². The maximum absolute atomic E-state index is 3.57. The molecule has 0 aromatic heterocycles. The van der Waals surface area contributed by atoms with Gasteiger partial charge >= 0.3 is 99.0 Å². The molecule has 0 bridgehead atoms. The van der Waals surface area contributed by atoms with Gasteiger partial charge in [-0.2, -0.15) is 0 Å². The molecule has 0 heterocycles. The minimum absolute atomic E-state index is 1.18. The van der Waals surface area contributed by atoms with Gasteiger partial charge in [-0.15, -0.1) is 0 Å². The van der Waals surface area contributed by atoms with E-state index in [9.17, 15) is 0 Å². The van der Waals surface area contributed by atoms with Gasteiger partial charge in [0, 0.05) is 0 Å². The van der Waals surface area contributed by atoms with Gasteiger partial charge < -0.3 is 0 Å². The molecule has 5 heteroatoms. The van der Waals surface area contributed by atoms with Crippen molar-refractivity contribution < 1.29 is 0 Å². The predicted octanol–water partition coefficient (Wildman–Crippen LogP) is 5.10. The fourth-order valence-electron chi connectivity index (χ4n) is 0.653. The normalized spacial score (nSPS) is 15.5. The fourth-order valence-corrected chi connectivity index (χ4v) is 4.11. The van der Waals surface area contributed by atoms with E-state index in [4.69, 9.17) is 0 Å². The summed E-state index contributed by atoms with van der Waals surface area (Å²) in [5.41, 5.74) is 0. The van der Waals surface area contributed by atoms with Crippen molar-refractivity contribution in [1.29, 1.82) is 0 Å². The summed E-state index contributed by atoms with van der Waals surface area (Å²) in [4.78, 5) is 0. The molecule has 62 valence electrons. The molecule has 1 aromatic rings. The van der Waals surface area contributed by atoms with Crippen molar-refractivity contribution in [1.82, 2.24) is 0 Å². The summed E-state index contributed by atoms with van der Waals surface area (Å²) in [6.07, 6.45) is 0. The van der Waals surface area contributed by atoms with Gasteiger partial charge in [0.25, 0.3) is 0 Å². The zero-order valence-electron chi connectivity index (χ0n) is 5.35. The zero-order chi connectivity index (χ0) is 8.56. The molecule has 0 aliphatic heterocycles. The third-order valence-corrected chi connectivity index (χ3v) is 7.14. The van der Waals surface area contributed by atoms with Crippen molar-refractivity contribution in [2.24, 2.45) is 0 Å².